The summed E-state index contributed by atoms with van der Waals surface area (Å²) in [5, 5.41) is 6.81. The van der Waals surface area contributed by atoms with Crippen molar-refractivity contribution in [3.05, 3.63) is 0 Å². The van der Waals surface area contributed by atoms with Crippen LogP contribution in [0.5, 0.6) is 0 Å². The van der Waals surface area contributed by atoms with Crippen LogP contribution < -0.4 is 10.6 Å². The summed E-state index contributed by atoms with van der Waals surface area (Å²) in [6, 6.07) is 0.869. The van der Waals surface area contributed by atoms with Crippen LogP contribution >= 0.6 is 37.2 Å². The Bertz CT molecular complexity index is 121. The molecule has 0 bridgehead atoms. The van der Waals surface area contributed by atoms with Crippen LogP contribution in [0.4, 0.5) is 0 Å². The van der Waals surface area contributed by atoms with Crippen LogP contribution in [-0.2, 0) is 0 Å². The number of halogens is 3. The van der Waals surface area contributed by atoms with Crippen LogP contribution in [0.1, 0.15) is 12.8 Å². The van der Waals surface area contributed by atoms with Crippen LogP contribution in [-0.4, -0.2) is 50.2 Å². The van der Waals surface area contributed by atoms with Gasteiger partial charge in [-0.05, 0) is 25.9 Å². The van der Waals surface area contributed by atoms with E-state index >= 15 is 0 Å². The zero-order chi connectivity index (χ0) is 8.23. The predicted molar refractivity (Wildman–Crippen MR) is 72.1 cm³/mol. The highest BCUT2D eigenvalue weighted by molar-refractivity contribution is 5.86. The Morgan fingerprint density at radius 1 is 0.733 bits per heavy atom. The second-order valence-electron chi connectivity index (χ2n) is 3.77. The quantitative estimate of drug-likeness (QED) is 0.747. The zero-order valence-electron chi connectivity index (χ0n) is 8.91. The van der Waals surface area contributed by atoms with Crippen molar-refractivity contribution in [2.75, 3.05) is 39.3 Å². The van der Waals surface area contributed by atoms with Gasteiger partial charge in [-0.2, -0.15) is 0 Å². The highest BCUT2D eigenvalue weighted by atomic mass is 35.5. The first-order chi connectivity index (χ1) is 5.97. The van der Waals surface area contributed by atoms with Gasteiger partial charge in [-0.15, -0.1) is 37.2 Å². The maximum absolute atomic E-state index is 3.41. The Hall–Kier alpha value is 0.750. The highest BCUT2D eigenvalue weighted by Gasteiger charge is 2.21. The fraction of sp³-hybridized carbons (Fsp3) is 1.00. The molecule has 2 saturated heterocycles. The van der Waals surface area contributed by atoms with Gasteiger partial charge >= 0.3 is 0 Å². The molecule has 0 spiro atoms. The van der Waals surface area contributed by atoms with Crippen molar-refractivity contribution < 1.29 is 0 Å². The van der Waals surface area contributed by atoms with E-state index in [0.29, 0.717) is 0 Å². The molecular formula is C9H22Cl3N3. The molecule has 94 valence electrons. The summed E-state index contributed by atoms with van der Waals surface area (Å²) in [5.41, 5.74) is 0. The van der Waals surface area contributed by atoms with Crippen LogP contribution in [0.2, 0.25) is 0 Å². The Balaban J connectivity index is 0. The van der Waals surface area contributed by atoms with Crippen LogP contribution in [0, 0.1) is 0 Å². The molecule has 15 heavy (non-hydrogen) atoms. The van der Waals surface area contributed by atoms with Crippen molar-refractivity contribution in [2.45, 2.75) is 18.9 Å². The Labute approximate surface area is 111 Å². The minimum atomic E-state index is 0. The minimum absolute atomic E-state index is 0. The first-order valence-electron chi connectivity index (χ1n) is 5.12. The second kappa shape index (κ2) is 9.94. The lowest BCUT2D eigenvalue weighted by Gasteiger charge is -2.37. The molecule has 0 unspecified atom stereocenters. The molecule has 2 N–H and O–H groups in total. The van der Waals surface area contributed by atoms with Gasteiger partial charge in [0.15, 0.2) is 0 Å². The molecule has 2 heterocycles. The van der Waals surface area contributed by atoms with Crippen molar-refractivity contribution in [2.24, 2.45) is 0 Å². The van der Waals surface area contributed by atoms with Gasteiger partial charge in [-0.3, -0.25) is 4.90 Å². The van der Waals surface area contributed by atoms with E-state index in [1.165, 1.54) is 52.1 Å². The third kappa shape index (κ3) is 5.57. The topological polar surface area (TPSA) is 27.3 Å². The van der Waals surface area contributed by atoms with Gasteiger partial charge in [0, 0.05) is 32.2 Å². The molecule has 0 radical (unpaired) electrons. The number of hydrogen-bond acceptors (Lipinski definition) is 3. The van der Waals surface area contributed by atoms with Gasteiger partial charge in [0.05, 0.1) is 0 Å². The molecular weight excluding hydrogens is 256 g/mol. The highest BCUT2D eigenvalue weighted by Crippen LogP contribution is 2.11. The summed E-state index contributed by atoms with van der Waals surface area (Å²) < 4.78 is 0. The van der Waals surface area contributed by atoms with E-state index in [9.17, 15) is 0 Å². The Morgan fingerprint density at radius 3 is 1.73 bits per heavy atom. The number of piperidine rings is 1. The summed E-state index contributed by atoms with van der Waals surface area (Å²) in [6.45, 7) is 7.31. The van der Waals surface area contributed by atoms with Gasteiger partial charge in [0.25, 0.3) is 0 Å². The molecule has 0 aromatic carbocycles. The molecule has 0 atom stereocenters. The van der Waals surface area contributed by atoms with E-state index in [1.807, 2.05) is 0 Å². The van der Waals surface area contributed by atoms with Crippen LogP contribution in [0.15, 0.2) is 0 Å². The Kier molecular flexibility index (Phi) is 12.0. The van der Waals surface area contributed by atoms with E-state index in [-0.39, 0.29) is 37.2 Å². The van der Waals surface area contributed by atoms with Crippen molar-refractivity contribution >= 4 is 37.2 Å². The monoisotopic (exact) mass is 277 g/mol. The fourth-order valence-corrected chi connectivity index (χ4v) is 2.22. The predicted octanol–water partition coefficient (Wildman–Crippen LogP) is 0.909. The van der Waals surface area contributed by atoms with E-state index in [4.69, 9.17) is 0 Å². The SMILES string of the molecule is C1CC(N2CCNCC2)CCN1.Cl.Cl.Cl. The van der Waals surface area contributed by atoms with Gasteiger partial charge in [0.1, 0.15) is 0 Å². The molecule has 0 aromatic heterocycles. The smallest absolute Gasteiger partial charge is 0.0120 e. The summed E-state index contributed by atoms with van der Waals surface area (Å²) in [5.74, 6) is 0. The number of piperazine rings is 1. The van der Waals surface area contributed by atoms with Crippen LogP contribution in [0.25, 0.3) is 0 Å². The van der Waals surface area contributed by atoms with Crippen molar-refractivity contribution in [1.82, 2.24) is 15.5 Å². The molecule has 2 fully saturated rings. The van der Waals surface area contributed by atoms with Gasteiger partial charge in [0.2, 0.25) is 0 Å². The first-order valence-corrected chi connectivity index (χ1v) is 5.12. The van der Waals surface area contributed by atoms with Gasteiger partial charge < -0.3 is 10.6 Å². The summed E-state index contributed by atoms with van der Waals surface area (Å²) in [4.78, 5) is 2.65. The summed E-state index contributed by atoms with van der Waals surface area (Å²) >= 11 is 0. The molecule has 6 heteroatoms. The molecule has 2 rings (SSSR count). The van der Waals surface area contributed by atoms with Crippen molar-refractivity contribution in [1.29, 1.82) is 0 Å². The van der Waals surface area contributed by atoms with Crippen molar-refractivity contribution in [3.8, 4) is 0 Å². The van der Waals surface area contributed by atoms with E-state index in [2.05, 4.69) is 15.5 Å². The number of nitrogens with zero attached hydrogens (tertiary/aromatic N) is 1. The molecule has 3 nitrogen and oxygen atoms in total. The lowest BCUT2D eigenvalue weighted by Crippen LogP contribution is -2.51. The lowest BCUT2D eigenvalue weighted by molar-refractivity contribution is 0.144. The van der Waals surface area contributed by atoms with Crippen LogP contribution in [0.3, 0.4) is 0 Å². The van der Waals surface area contributed by atoms with E-state index in [1.54, 1.807) is 0 Å². The third-order valence-corrected chi connectivity index (χ3v) is 2.98. The molecule has 0 amide bonds. The fourth-order valence-electron chi connectivity index (χ4n) is 2.22. The lowest BCUT2D eigenvalue weighted by atomic mass is 10.0. The third-order valence-electron chi connectivity index (χ3n) is 2.98. The summed E-state index contributed by atoms with van der Waals surface area (Å²) in [7, 11) is 0. The minimum Gasteiger partial charge on any atom is -0.317 e. The van der Waals surface area contributed by atoms with Gasteiger partial charge in [-0.1, -0.05) is 0 Å². The standard InChI is InChI=1S/C9H19N3.3ClH/c1-3-10-4-2-9(1)12-7-5-11-6-8-12;;;/h9-11H,1-8H2;3*1H. The average Bonchev–Trinajstić information content (AvgIpc) is 2.21. The number of hydrogen-bond donors (Lipinski definition) is 2. The normalized spacial score (nSPS) is 23.2. The van der Waals surface area contributed by atoms with Gasteiger partial charge in [-0.25, -0.2) is 0 Å². The van der Waals surface area contributed by atoms with E-state index in [0.717, 1.165) is 6.04 Å². The molecule has 0 aliphatic carbocycles. The largest absolute Gasteiger partial charge is 0.317 e. The Morgan fingerprint density at radius 2 is 1.20 bits per heavy atom. The number of rotatable bonds is 1. The zero-order valence-corrected chi connectivity index (χ0v) is 11.4. The maximum atomic E-state index is 3.41. The van der Waals surface area contributed by atoms with Crippen molar-refractivity contribution in [3.63, 3.8) is 0 Å². The summed E-state index contributed by atoms with van der Waals surface area (Å²) in [6.07, 6.45) is 2.69. The number of nitrogens with one attached hydrogen (secondary N) is 2. The van der Waals surface area contributed by atoms with E-state index < -0.39 is 0 Å². The second-order valence-corrected chi connectivity index (χ2v) is 3.77. The average molecular weight is 279 g/mol. The molecule has 2 aliphatic rings. The first kappa shape index (κ1) is 18.1. The molecule has 0 aromatic rings. The molecule has 2 aliphatic heterocycles. The maximum Gasteiger partial charge on any atom is 0.0120 e. The molecule has 0 saturated carbocycles.